The normalized spacial score (nSPS) is 40.0. The summed E-state index contributed by atoms with van der Waals surface area (Å²) in [7, 11) is -2.93. The van der Waals surface area contributed by atoms with Crippen LogP contribution in [-0.2, 0) is 14.6 Å². The van der Waals surface area contributed by atoms with Gasteiger partial charge in [-0.2, -0.15) is 0 Å². The van der Waals surface area contributed by atoms with E-state index in [1.807, 2.05) is 0 Å². The van der Waals surface area contributed by atoms with Gasteiger partial charge in [0, 0.05) is 12.1 Å². The van der Waals surface area contributed by atoms with Crippen LogP contribution in [0.3, 0.4) is 0 Å². The highest BCUT2D eigenvalue weighted by Crippen LogP contribution is 2.32. The van der Waals surface area contributed by atoms with Gasteiger partial charge in [0.25, 0.3) is 0 Å². The largest absolute Gasteiger partial charge is 0.351 e. The van der Waals surface area contributed by atoms with Crippen LogP contribution in [0.2, 0.25) is 0 Å². The maximum absolute atomic E-state index is 12.3. The van der Waals surface area contributed by atoms with Crippen LogP contribution in [0.4, 0.5) is 0 Å². The van der Waals surface area contributed by atoms with Gasteiger partial charge in [-0.3, -0.25) is 4.79 Å². The van der Waals surface area contributed by atoms with Crippen molar-refractivity contribution >= 4 is 15.7 Å². The van der Waals surface area contributed by atoms with Gasteiger partial charge in [0.1, 0.15) is 0 Å². The van der Waals surface area contributed by atoms with Gasteiger partial charge >= 0.3 is 0 Å². The fourth-order valence-corrected chi connectivity index (χ4v) is 5.59. The van der Waals surface area contributed by atoms with Gasteiger partial charge in [-0.1, -0.05) is 12.8 Å². The summed E-state index contributed by atoms with van der Waals surface area (Å²) in [6.07, 6.45) is 7.60. The number of nitrogens with one attached hydrogen (secondary N) is 2. The van der Waals surface area contributed by atoms with E-state index in [0.717, 1.165) is 18.8 Å². The van der Waals surface area contributed by atoms with Crippen LogP contribution in [-0.4, -0.2) is 44.0 Å². The average Bonchev–Trinajstić information content (AvgIpc) is 2.77. The molecule has 20 heavy (non-hydrogen) atoms. The molecule has 3 aliphatic rings. The quantitative estimate of drug-likeness (QED) is 0.783. The molecule has 1 saturated carbocycles. The van der Waals surface area contributed by atoms with Crippen molar-refractivity contribution in [3.8, 4) is 0 Å². The Labute approximate surface area is 120 Å². The van der Waals surface area contributed by atoms with Gasteiger partial charge in [0.15, 0.2) is 9.84 Å². The molecule has 0 radical (unpaired) electrons. The van der Waals surface area contributed by atoms with Gasteiger partial charge in [-0.25, -0.2) is 8.42 Å². The molecule has 0 aromatic rings. The monoisotopic (exact) mass is 300 g/mol. The van der Waals surface area contributed by atoms with Crippen LogP contribution in [0.5, 0.6) is 0 Å². The lowest BCUT2D eigenvalue weighted by Gasteiger charge is -2.40. The van der Waals surface area contributed by atoms with Crippen molar-refractivity contribution in [1.82, 2.24) is 10.6 Å². The molecule has 2 aliphatic heterocycles. The molecule has 0 bridgehead atoms. The molecule has 114 valence electrons. The standard InChI is InChI=1S/C14H24N2O3S/c17-14(15-11-7-8-20(18,19)9-11)13-6-5-10-3-1-2-4-12(10)16-13/h10-13,16H,1-9H2,(H,15,17). The second-order valence-corrected chi connectivity index (χ2v) is 8.78. The Morgan fingerprint density at radius 1 is 1.05 bits per heavy atom. The van der Waals surface area contributed by atoms with Crippen LogP contribution >= 0.6 is 0 Å². The Kier molecular flexibility index (Phi) is 4.04. The Balaban J connectivity index is 1.53. The highest BCUT2D eigenvalue weighted by molar-refractivity contribution is 7.91. The fourth-order valence-electron chi connectivity index (χ4n) is 3.91. The predicted molar refractivity (Wildman–Crippen MR) is 77.1 cm³/mol. The molecule has 4 atom stereocenters. The second kappa shape index (κ2) is 5.64. The number of carbonyl (C=O) groups excluding carboxylic acids is 1. The summed E-state index contributed by atoms with van der Waals surface area (Å²) in [5.74, 6) is 1.05. The summed E-state index contributed by atoms with van der Waals surface area (Å²) < 4.78 is 22.8. The van der Waals surface area contributed by atoms with Crippen molar-refractivity contribution < 1.29 is 13.2 Å². The third-order valence-electron chi connectivity index (χ3n) is 5.05. The molecule has 5 nitrogen and oxygen atoms in total. The minimum atomic E-state index is -2.93. The molecule has 3 fully saturated rings. The van der Waals surface area contributed by atoms with E-state index in [2.05, 4.69) is 10.6 Å². The molecule has 0 aromatic heterocycles. The van der Waals surface area contributed by atoms with Crippen molar-refractivity contribution in [2.45, 2.75) is 63.1 Å². The number of amides is 1. The molecule has 6 heteroatoms. The van der Waals surface area contributed by atoms with Crippen LogP contribution < -0.4 is 10.6 Å². The number of hydrogen-bond donors (Lipinski definition) is 2. The highest BCUT2D eigenvalue weighted by atomic mass is 32.2. The molecule has 4 unspecified atom stereocenters. The van der Waals surface area contributed by atoms with E-state index in [0.29, 0.717) is 12.5 Å². The zero-order chi connectivity index (χ0) is 14.2. The maximum atomic E-state index is 12.3. The van der Waals surface area contributed by atoms with Crippen molar-refractivity contribution in [2.75, 3.05) is 11.5 Å². The molecule has 0 aromatic carbocycles. The lowest BCUT2D eigenvalue weighted by atomic mass is 9.77. The van der Waals surface area contributed by atoms with Crippen molar-refractivity contribution in [2.24, 2.45) is 5.92 Å². The van der Waals surface area contributed by atoms with Crippen molar-refractivity contribution in [3.63, 3.8) is 0 Å². The van der Waals surface area contributed by atoms with E-state index in [1.54, 1.807) is 0 Å². The van der Waals surface area contributed by atoms with Crippen LogP contribution in [0.25, 0.3) is 0 Å². The number of sulfone groups is 1. The summed E-state index contributed by atoms with van der Waals surface area (Å²) in [6.45, 7) is 0. The minimum Gasteiger partial charge on any atom is -0.351 e. The lowest BCUT2D eigenvalue weighted by Crippen LogP contribution is -2.56. The first-order valence-electron chi connectivity index (χ1n) is 7.80. The van der Waals surface area contributed by atoms with Gasteiger partial charge in [-0.05, 0) is 38.0 Å². The zero-order valence-electron chi connectivity index (χ0n) is 11.8. The number of hydrogen-bond acceptors (Lipinski definition) is 4. The van der Waals surface area contributed by atoms with E-state index < -0.39 is 9.84 Å². The SMILES string of the molecule is O=C(NC1CCS(=O)(=O)C1)C1CCC2CCCCC2N1. The average molecular weight is 300 g/mol. The maximum Gasteiger partial charge on any atom is 0.237 e. The second-order valence-electron chi connectivity index (χ2n) is 6.56. The Hall–Kier alpha value is -0.620. The minimum absolute atomic E-state index is 0.00359. The highest BCUT2D eigenvalue weighted by Gasteiger charge is 2.36. The third kappa shape index (κ3) is 3.17. The van der Waals surface area contributed by atoms with Gasteiger partial charge in [0.2, 0.25) is 5.91 Å². The smallest absolute Gasteiger partial charge is 0.237 e. The van der Waals surface area contributed by atoms with E-state index in [9.17, 15) is 13.2 Å². The first-order valence-corrected chi connectivity index (χ1v) is 9.62. The third-order valence-corrected chi connectivity index (χ3v) is 6.81. The molecular formula is C14H24N2O3S. The molecule has 1 aliphatic carbocycles. The molecule has 1 amide bonds. The Bertz CT molecular complexity index is 477. The zero-order valence-corrected chi connectivity index (χ0v) is 12.6. The molecule has 2 saturated heterocycles. The first-order chi connectivity index (χ1) is 9.53. The Morgan fingerprint density at radius 2 is 1.85 bits per heavy atom. The summed E-state index contributed by atoms with van der Waals surface area (Å²) in [4.78, 5) is 12.3. The van der Waals surface area contributed by atoms with Crippen LogP contribution in [0, 0.1) is 5.92 Å². The number of carbonyl (C=O) groups is 1. The fraction of sp³-hybridized carbons (Fsp3) is 0.929. The van der Waals surface area contributed by atoms with E-state index in [-0.39, 0.29) is 29.5 Å². The summed E-state index contributed by atoms with van der Waals surface area (Å²) in [6, 6.07) is 0.177. The molecule has 0 spiro atoms. The number of rotatable bonds is 2. The number of fused-ring (bicyclic) bond motifs is 1. The molecule has 2 N–H and O–H groups in total. The molecule has 2 heterocycles. The Morgan fingerprint density at radius 3 is 2.60 bits per heavy atom. The van der Waals surface area contributed by atoms with Gasteiger partial charge in [-0.15, -0.1) is 0 Å². The van der Waals surface area contributed by atoms with Crippen molar-refractivity contribution in [1.29, 1.82) is 0 Å². The predicted octanol–water partition coefficient (Wildman–Crippen LogP) is 0.600. The number of piperidine rings is 1. The van der Waals surface area contributed by atoms with Gasteiger partial charge < -0.3 is 10.6 Å². The lowest BCUT2D eigenvalue weighted by molar-refractivity contribution is -0.125. The summed E-state index contributed by atoms with van der Waals surface area (Å²) in [5.41, 5.74) is 0. The topological polar surface area (TPSA) is 75.3 Å². The van der Waals surface area contributed by atoms with Gasteiger partial charge in [0.05, 0.1) is 17.5 Å². The first kappa shape index (κ1) is 14.3. The van der Waals surface area contributed by atoms with E-state index in [4.69, 9.17) is 0 Å². The summed E-state index contributed by atoms with van der Waals surface area (Å²) in [5, 5.41) is 6.41. The van der Waals surface area contributed by atoms with Crippen molar-refractivity contribution in [3.05, 3.63) is 0 Å². The molecule has 3 rings (SSSR count). The van der Waals surface area contributed by atoms with E-state index >= 15 is 0 Å². The molecular weight excluding hydrogens is 276 g/mol. The van der Waals surface area contributed by atoms with E-state index in [1.165, 1.54) is 25.7 Å². The van der Waals surface area contributed by atoms with Crippen LogP contribution in [0.1, 0.15) is 44.9 Å². The van der Waals surface area contributed by atoms with Crippen LogP contribution in [0.15, 0.2) is 0 Å². The summed E-state index contributed by atoms with van der Waals surface area (Å²) >= 11 is 0.